The van der Waals surface area contributed by atoms with Crippen LogP contribution in [0.25, 0.3) is 33.4 Å². The lowest BCUT2D eigenvalue weighted by Crippen LogP contribution is -2.31. The standard InChI is InChI=1S/C26H22N6O2/c27-26-24-22(31-32-26)15-21(18-6-4-5-16(13-18)14-23(33)30-28)29-25(24)17-9-11-20(12-10-17)34-19-7-2-1-3-8-19/h1-13,15H,14,28H2,(H,30,33)(H3,27,31,32). The van der Waals surface area contributed by atoms with Gasteiger partial charge in [0.05, 0.1) is 28.7 Å². The number of para-hydroxylation sites is 1. The molecule has 0 aliphatic heterocycles. The Hall–Kier alpha value is -4.69. The van der Waals surface area contributed by atoms with Crippen LogP contribution in [-0.4, -0.2) is 21.1 Å². The highest BCUT2D eigenvalue weighted by atomic mass is 16.5. The predicted octanol–water partition coefficient (Wildman–Crippen LogP) is 4.20. The minimum absolute atomic E-state index is 0.180. The Labute approximate surface area is 195 Å². The number of H-pyrrole nitrogens is 1. The number of nitrogens with one attached hydrogen (secondary N) is 2. The third kappa shape index (κ3) is 4.30. The number of rotatable bonds is 6. The monoisotopic (exact) mass is 450 g/mol. The van der Waals surface area contributed by atoms with E-state index in [4.69, 9.17) is 21.3 Å². The third-order valence-corrected chi connectivity index (χ3v) is 5.43. The van der Waals surface area contributed by atoms with Gasteiger partial charge >= 0.3 is 0 Å². The van der Waals surface area contributed by atoms with Crippen LogP contribution in [0.15, 0.2) is 84.9 Å². The number of benzene rings is 3. The molecule has 5 aromatic rings. The number of hydrogen-bond donors (Lipinski definition) is 4. The Bertz CT molecular complexity index is 1460. The number of amides is 1. The summed E-state index contributed by atoms with van der Waals surface area (Å²) in [7, 11) is 0. The first kappa shape index (κ1) is 21.2. The van der Waals surface area contributed by atoms with Crippen molar-refractivity contribution in [3.05, 3.63) is 90.5 Å². The van der Waals surface area contributed by atoms with Crippen LogP contribution in [0.1, 0.15) is 5.56 Å². The van der Waals surface area contributed by atoms with Crippen LogP contribution < -0.4 is 21.7 Å². The summed E-state index contributed by atoms with van der Waals surface area (Å²) in [5, 5.41) is 7.92. The molecule has 0 spiro atoms. The molecular formula is C26H22N6O2. The molecule has 34 heavy (non-hydrogen) atoms. The van der Waals surface area contributed by atoms with Crippen molar-refractivity contribution in [2.45, 2.75) is 6.42 Å². The van der Waals surface area contributed by atoms with Crippen molar-refractivity contribution in [3.8, 4) is 34.0 Å². The molecule has 0 aliphatic rings. The van der Waals surface area contributed by atoms with Crippen molar-refractivity contribution in [2.75, 3.05) is 5.73 Å². The van der Waals surface area contributed by atoms with Crippen molar-refractivity contribution in [1.82, 2.24) is 20.6 Å². The van der Waals surface area contributed by atoms with Gasteiger partial charge in [-0.15, -0.1) is 0 Å². The second-order valence-corrected chi connectivity index (χ2v) is 7.77. The first-order valence-electron chi connectivity index (χ1n) is 10.7. The zero-order valence-electron chi connectivity index (χ0n) is 18.2. The summed E-state index contributed by atoms with van der Waals surface area (Å²) in [6, 6.07) is 26.8. The van der Waals surface area contributed by atoms with E-state index in [9.17, 15) is 4.79 Å². The largest absolute Gasteiger partial charge is 0.457 e. The molecule has 0 radical (unpaired) electrons. The zero-order valence-corrected chi connectivity index (χ0v) is 18.2. The highest BCUT2D eigenvalue weighted by Crippen LogP contribution is 2.34. The molecule has 0 unspecified atom stereocenters. The first-order valence-corrected chi connectivity index (χ1v) is 10.7. The fraction of sp³-hybridized carbons (Fsp3) is 0.0385. The number of pyridine rings is 1. The van der Waals surface area contributed by atoms with Gasteiger partial charge in [-0.1, -0.05) is 36.4 Å². The van der Waals surface area contributed by atoms with Gasteiger partial charge in [0, 0.05) is 11.1 Å². The minimum atomic E-state index is -0.264. The molecule has 0 saturated heterocycles. The van der Waals surface area contributed by atoms with E-state index in [1.165, 1.54) is 0 Å². The second-order valence-electron chi connectivity index (χ2n) is 7.77. The van der Waals surface area contributed by atoms with E-state index in [0.29, 0.717) is 17.3 Å². The number of hydrogen-bond acceptors (Lipinski definition) is 6. The Kier molecular flexibility index (Phi) is 5.63. The molecule has 2 aromatic heterocycles. The van der Waals surface area contributed by atoms with Crippen molar-refractivity contribution >= 4 is 22.6 Å². The van der Waals surface area contributed by atoms with E-state index in [0.717, 1.165) is 39.0 Å². The van der Waals surface area contributed by atoms with E-state index in [-0.39, 0.29) is 12.3 Å². The summed E-state index contributed by atoms with van der Waals surface area (Å²) in [5.74, 6) is 6.82. The van der Waals surface area contributed by atoms with E-state index >= 15 is 0 Å². The van der Waals surface area contributed by atoms with E-state index in [1.807, 2.05) is 84.9 Å². The van der Waals surface area contributed by atoms with Crippen molar-refractivity contribution in [1.29, 1.82) is 0 Å². The summed E-state index contributed by atoms with van der Waals surface area (Å²) >= 11 is 0. The SMILES string of the molecule is NNC(=O)Cc1cccc(-c2cc3[nH]nc(N)c3c(-c3ccc(Oc4ccccc4)cc3)n2)c1. The van der Waals surface area contributed by atoms with Crippen molar-refractivity contribution in [2.24, 2.45) is 5.84 Å². The van der Waals surface area contributed by atoms with Gasteiger partial charge in [0.25, 0.3) is 0 Å². The molecule has 0 saturated carbocycles. The lowest BCUT2D eigenvalue weighted by molar-refractivity contribution is -0.120. The predicted molar refractivity (Wildman–Crippen MR) is 132 cm³/mol. The van der Waals surface area contributed by atoms with Crippen LogP contribution in [0.5, 0.6) is 11.5 Å². The number of carbonyl (C=O) groups excluding carboxylic acids is 1. The normalized spacial score (nSPS) is 10.9. The summed E-state index contributed by atoms with van der Waals surface area (Å²) in [4.78, 5) is 16.6. The number of carbonyl (C=O) groups is 1. The number of anilines is 1. The van der Waals surface area contributed by atoms with Crippen LogP contribution in [0.4, 0.5) is 5.82 Å². The molecule has 0 aliphatic carbocycles. The molecule has 0 atom stereocenters. The summed E-state index contributed by atoms with van der Waals surface area (Å²) in [5.41, 5.74) is 13.1. The van der Waals surface area contributed by atoms with Gasteiger partial charge in [0.15, 0.2) is 5.82 Å². The molecule has 168 valence electrons. The van der Waals surface area contributed by atoms with Crippen molar-refractivity contribution < 1.29 is 9.53 Å². The number of nitrogens with two attached hydrogens (primary N) is 2. The fourth-order valence-corrected chi connectivity index (χ4v) is 3.81. The summed E-state index contributed by atoms with van der Waals surface area (Å²) in [6.45, 7) is 0. The van der Waals surface area contributed by atoms with Gasteiger partial charge in [-0.25, -0.2) is 10.8 Å². The topological polar surface area (TPSA) is 132 Å². The Morgan fingerprint density at radius 3 is 2.44 bits per heavy atom. The lowest BCUT2D eigenvalue weighted by Gasteiger charge is -2.10. The molecule has 8 heteroatoms. The number of nitrogen functional groups attached to an aromatic ring is 1. The average Bonchev–Trinajstić information content (AvgIpc) is 3.25. The van der Waals surface area contributed by atoms with E-state index in [1.54, 1.807) is 0 Å². The van der Waals surface area contributed by atoms with Gasteiger partial charge < -0.3 is 10.5 Å². The van der Waals surface area contributed by atoms with E-state index < -0.39 is 0 Å². The quantitative estimate of drug-likeness (QED) is 0.174. The molecule has 8 nitrogen and oxygen atoms in total. The van der Waals surface area contributed by atoms with Crippen molar-refractivity contribution in [3.63, 3.8) is 0 Å². The molecule has 5 rings (SSSR count). The molecule has 1 amide bonds. The minimum Gasteiger partial charge on any atom is -0.457 e. The third-order valence-electron chi connectivity index (χ3n) is 5.43. The Morgan fingerprint density at radius 2 is 1.68 bits per heavy atom. The maximum Gasteiger partial charge on any atom is 0.238 e. The number of fused-ring (bicyclic) bond motifs is 1. The lowest BCUT2D eigenvalue weighted by atomic mass is 10.0. The van der Waals surface area contributed by atoms with Gasteiger partial charge in [-0.2, -0.15) is 5.10 Å². The number of ether oxygens (including phenoxy) is 1. The van der Waals surface area contributed by atoms with Crippen LogP contribution in [0.3, 0.4) is 0 Å². The highest BCUT2D eigenvalue weighted by molar-refractivity contribution is 6.01. The van der Waals surface area contributed by atoms with E-state index in [2.05, 4.69) is 15.6 Å². The Balaban J connectivity index is 1.53. The molecule has 2 heterocycles. The highest BCUT2D eigenvalue weighted by Gasteiger charge is 2.15. The first-order chi connectivity index (χ1) is 16.6. The number of aromatic amines is 1. The van der Waals surface area contributed by atoms with Crippen LogP contribution in [0, 0.1) is 0 Å². The van der Waals surface area contributed by atoms with Gasteiger partial charge in [0.1, 0.15) is 11.5 Å². The molecule has 0 bridgehead atoms. The smallest absolute Gasteiger partial charge is 0.238 e. The Morgan fingerprint density at radius 1 is 0.912 bits per heavy atom. The molecule has 0 fully saturated rings. The molecule has 3 aromatic carbocycles. The van der Waals surface area contributed by atoms with Gasteiger partial charge in [-0.05, 0) is 54.1 Å². The molecular weight excluding hydrogens is 428 g/mol. The maximum absolute atomic E-state index is 11.7. The van der Waals surface area contributed by atoms with Gasteiger partial charge in [0.2, 0.25) is 5.91 Å². The van der Waals surface area contributed by atoms with Crippen LogP contribution in [-0.2, 0) is 11.2 Å². The zero-order chi connectivity index (χ0) is 23.5. The fourth-order valence-electron chi connectivity index (χ4n) is 3.81. The van der Waals surface area contributed by atoms with Gasteiger partial charge in [-0.3, -0.25) is 15.3 Å². The summed E-state index contributed by atoms with van der Waals surface area (Å²) < 4.78 is 5.91. The maximum atomic E-state index is 11.7. The molecule has 6 N–H and O–H groups in total. The number of nitrogens with zero attached hydrogens (tertiary/aromatic N) is 2. The van der Waals surface area contributed by atoms with Crippen LogP contribution >= 0.6 is 0 Å². The second kappa shape index (κ2) is 9.05. The average molecular weight is 451 g/mol. The number of hydrazine groups is 1. The van der Waals surface area contributed by atoms with Crippen LogP contribution in [0.2, 0.25) is 0 Å². The summed E-state index contributed by atoms with van der Waals surface area (Å²) in [6.07, 6.45) is 0.180. The number of aromatic nitrogens is 3.